The van der Waals surface area contributed by atoms with Crippen molar-refractivity contribution in [3.63, 3.8) is 0 Å². The lowest BCUT2D eigenvalue weighted by atomic mass is 9.72. The summed E-state index contributed by atoms with van der Waals surface area (Å²) in [6.07, 6.45) is -5.19. The number of aliphatic hydroxyl groups excluding tert-OH is 1. The minimum absolute atomic E-state index is 0.150. The highest BCUT2D eigenvalue weighted by Gasteiger charge is 2.65. The highest BCUT2D eigenvalue weighted by atomic mass is 19.1. The number of fused-ring (bicyclic) bond motifs is 2. The zero-order valence-corrected chi connectivity index (χ0v) is 28.8. The van der Waals surface area contributed by atoms with Gasteiger partial charge in [0.05, 0.1) is 23.9 Å². The van der Waals surface area contributed by atoms with Gasteiger partial charge in [-0.2, -0.15) is 0 Å². The molecule has 0 spiro atoms. The number of esters is 1. The van der Waals surface area contributed by atoms with E-state index < -0.39 is 95.3 Å². The van der Waals surface area contributed by atoms with E-state index in [4.69, 9.17) is 23.7 Å². The Balaban J connectivity index is 2.21. The van der Waals surface area contributed by atoms with Crippen molar-refractivity contribution in [2.24, 2.45) is 17.8 Å². The van der Waals surface area contributed by atoms with Crippen molar-refractivity contribution in [3.8, 4) is 0 Å². The van der Waals surface area contributed by atoms with E-state index in [1.807, 2.05) is 25.9 Å². The summed E-state index contributed by atoms with van der Waals surface area (Å²) in [5.74, 6) is -5.89. The summed E-state index contributed by atoms with van der Waals surface area (Å²) >= 11 is 0. The summed E-state index contributed by atoms with van der Waals surface area (Å²) in [6.45, 7) is 14.9. The molecule has 3 saturated heterocycles. The predicted octanol–water partition coefficient (Wildman–Crippen LogP) is 2.14. The van der Waals surface area contributed by atoms with E-state index in [9.17, 15) is 24.3 Å². The second-order valence-corrected chi connectivity index (χ2v) is 13.8. The Morgan fingerprint density at radius 2 is 1.78 bits per heavy atom. The molecule has 3 heterocycles. The molecular formula is C33H53FN2O10. The summed E-state index contributed by atoms with van der Waals surface area (Å²) < 4.78 is 47.5. The molecule has 3 aliphatic heterocycles. The normalized spacial score (nSPS) is 46.0. The second kappa shape index (κ2) is 14.4. The zero-order valence-electron chi connectivity index (χ0n) is 28.8. The molecular weight excluding hydrogens is 603 g/mol. The summed E-state index contributed by atoms with van der Waals surface area (Å²) in [4.78, 5) is 55.4. The van der Waals surface area contributed by atoms with Crippen molar-refractivity contribution in [2.45, 2.75) is 133 Å². The molecule has 0 aliphatic carbocycles. The number of Topliss-reactive ketones (excluding diaryl/α,β-unsaturated/α-hetero) is 2. The third-order valence-electron chi connectivity index (χ3n) is 10.3. The van der Waals surface area contributed by atoms with Gasteiger partial charge in [-0.25, -0.2) is 4.39 Å². The maximum atomic E-state index is 17.4. The van der Waals surface area contributed by atoms with Gasteiger partial charge < -0.3 is 39.0 Å². The molecule has 0 radical (unpaired) electrons. The molecule has 0 aromatic heterocycles. The van der Waals surface area contributed by atoms with Crippen LogP contribution in [-0.2, 0) is 42.9 Å². The number of ether oxygens (including phenoxy) is 5. The molecule has 3 aliphatic rings. The van der Waals surface area contributed by atoms with Crippen LogP contribution in [0.1, 0.15) is 67.7 Å². The number of carbonyl (C=O) groups excluding carboxylic acids is 4. The van der Waals surface area contributed by atoms with Crippen LogP contribution in [0, 0.1) is 17.8 Å². The van der Waals surface area contributed by atoms with Crippen LogP contribution in [0.3, 0.4) is 0 Å². The number of cyclic esters (lactones) is 1. The number of aliphatic hydroxyl groups is 1. The molecule has 0 aromatic carbocycles. The van der Waals surface area contributed by atoms with Crippen LogP contribution in [0.15, 0.2) is 12.7 Å². The minimum Gasteiger partial charge on any atom is -0.458 e. The molecule has 3 rings (SSSR count). The zero-order chi connectivity index (χ0) is 34.9. The standard InChI is InChI=1S/C33H53FN2O10/c1-12-22-32(8,42-16-37)26(35-9)20(6)27(40)33(34)15-31(7,46-23(33)13-2)28(18(4)24(38)19(5)29(41)44-22)45-30-25(39)21(36(10)11)14-17(3)43-30/h13,16-23,25-26,28,30,35,39H,2,12,14-15H2,1,3-11H3/t17-,18+,19-,20+,21+,22-,23?,25-,26-,28-,30+,31-,32-,33-/m1/s1. The number of nitrogens with zero attached hydrogens (tertiary/aromatic N) is 1. The van der Waals surface area contributed by atoms with E-state index in [-0.39, 0.29) is 25.0 Å². The number of hydrogen-bond acceptors (Lipinski definition) is 12. The van der Waals surface area contributed by atoms with Gasteiger partial charge in [-0.1, -0.05) is 26.8 Å². The van der Waals surface area contributed by atoms with Gasteiger partial charge in [0.15, 0.2) is 23.5 Å². The van der Waals surface area contributed by atoms with E-state index in [0.717, 1.165) is 0 Å². The highest BCUT2D eigenvalue weighted by Crippen LogP contribution is 2.49. The lowest BCUT2D eigenvalue weighted by molar-refractivity contribution is -0.293. The SMILES string of the molecule is C=CC1O[C@]2(C)C[C@]1(F)C(=O)[C@@H](C)[C@@H](NC)[C@](C)(OC=O)[C@@H](CC)OC(=O)[C@H](C)C(=O)[C@H](C)[C@H]2O[C@@H]1O[C@H](C)C[C@H](N(C)C)[C@H]1O. The molecule has 14 atom stereocenters. The Bertz CT molecular complexity index is 1160. The topological polar surface area (TPSA) is 150 Å². The predicted molar refractivity (Wildman–Crippen MR) is 165 cm³/mol. The fourth-order valence-electron chi connectivity index (χ4n) is 7.78. The van der Waals surface area contributed by atoms with Crippen LogP contribution < -0.4 is 5.32 Å². The van der Waals surface area contributed by atoms with Crippen LogP contribution in [0.5, 0.6) is 0 Å². The fourth-order valence-corrected chi connectivity index (χ4v) is 7.78. The summed E-state index contributed by atoms with van der Waals surface area (Å²) in [7, 11) is 5.16. The molecule has 12 nitrogen and oxygen atoms in total. The minimum atomic E-state index is -2.64. The molecule has 0 amide bonds. The number of likely N-dealkylation sites (N-methyl/N-ethyl adjacent to an activating group) is 2. The Morgan fingerprint density at radius 1 is 1.15 bits per heavy atom. The van der Waals surface area contributed by atoms with Crippen molar-refractivity contribution < 1.29 is 52.4 Å². The molecule has 1 unspecified atom stereocenters. The number of halogens is 1. The third-order valence-corrected chi connectivity index (χ3v) is 10.3. The first-order valence-corrected chi connectivity index (χ1v) is 16.1. The van der Waals surface area contributed by atoms with Gasteiger partial charge in [0.2, 0.25) is 5.67 Å². The first-order chi connectivity index (χ1) is 21.4. The number of hydrogen-bond donors (Lipinski definition) is 2. The summed E-state index contributed by atoms with van der Waals surface area (Å²) in [6, 6.07) is -1.37. The molecule has 0 saturated carbocycles. The lowest BCUT2D eigenvalue weighted by Crippen LogP contribution is -2.63. The maximum absolute atomic E-state index is 17.4. The molecule has 3 fully saturated rings. The van der Waals surface area contributed by atoms with E-state index in [1.165, 1.54) is 47.7 Å². The monoisotopic (exact) mass is 656 g/mol. The first kappa shape index (κ1) is 38.2. The number of nitrogens with one attached hydrogen (secondary N) is 1. The molecule has 13 heteroatoms. The van der Waals surface area contributed by atoms with E-state index >= 15 is 4.39 Å². The second-order valence-electron chi connectivity index (χ2n) is 13.8. The van der Waals surface area contributed by atoms with Gasteiger partial charge in [-0.15, -0.1) is 6.58 Å². The number of rotatable bonds is 8. The van der Waals surface area contributed by atoms with Crippen LogP contribution >= 0.6 is 0 Å². The molecule has 2 N–H and O–H groups in total. The van der Waals surface area contributed by atoms with Crippen molar-refractivity contribution in [1.82, 2.24) is 10.2 Å². The van der Waals surface area contributed by atoms with E-state index in [1.54, 1.807) is 6.92 Å². The molecule has 0 aromatic rings. The van der Waals surface area contributed by atoms with Crippen molar-refractivity contribution in [1.29, 1.82) is 0 Å². The van der Waals surface area contributed by atoms with Crippen molar-refractivity contribution in [3.05, 3.63) is 12.7 Å². The van der Waals surface area contributed by atoms with Crippen LogP contribution in [0.25, 0.3) is 0 Å². The molecule has 46 heavy (non-hydrogen) atoms. The number of alkyl halides is 1. The van der Waals surface area contributed by atoms with E-state index in [2.05, 4.69) is 11.9 Å². The Kier molecular flexibility index (Phi) is 12.0. The smallest absolute Gasteiger partial charge is 0.316 e. The van der Waals surface area contributed by atoms with E-state index in [0.29, 0.717) is 6.42 Å². The van der Waals surface area contributed by atoms with Gasteiger partial charge in [-0.3, -0.25) is 19.2 Å². The van der Waals surface area contributed by atoms with Crippen LogP contribution in [-0.4, -0.2) is 121 Å². The average molecular weight is 657 g/mol. The Labute approximate surface area is 271 Å². The first-order valence-electron chi connectivity index (χ1n) is 16.1. The lowest BCUT2D eigenvalue weighted by Gasteiger charge is -2.46. The fraction of sp³-hybridized carbons (Fsp3) is 0.818. The molecule has 2 bridgehead atoms. The maximum Gasteiger partial charge on any atom is 0.316 e. The largest absolute Gasteiger partial charge is 0.458 e. The quantitative estimate of drug-likeness (QED) is 0.171. The Morgan fingerprint density at radius 3 is 2.30 bits per heavy atom. The van der Waals surface area contributed by atoms with Crippen LogP contribution in [0.4, 0.5) is 4.39 Å². The van der Waals surface area contributed by atoms with Gasteiger partial charge in [0.1, 0.15) is 24.2 Å². The Hall–Kier alpha value is -2.29. The molecule has 262 valence electrons. The van der Waals surface area contributed by atoms with Crippen molar-refractivity contribution >= 4 is 24.0 Å². The van der Waals surface area contributed by atoms with Gasteiger partial charge in [0, 0.05) is 24.3 Å². The highest BCUT2D eigenvalue weighted by molar-refractivity contribution is 6.00. The van der Waals surface area contributed by atoms with Gasteiger partial charge in [-0.05, 0) is 61.7 Å². The average Bonchev–Trinajstić information content (AvgIpc) is 3.28. The van der Waals surface area contributed by atoms with Crippen LogP contribution in [0.2, 0.25) is 0 Å². The van der Waals surface area contributed by atoms with Gasteiger partial charge in [0.25, 0.3) is 6.47 Å². The number of ketones is 2. The van der Waals surface area contributed by atoms with Gasteiger partial charge >= 0.3 is 5.97 Å². The third kappa shape index (κ3) is 6.82. The summed E-state index contributed by atoms with van der Waals surface area (Å²) in [5.41, 5.74) is -5.90. The number of carbonyl (C=O) groups is 4. The van der Waals surface area contributed by atoms with Crippen molar-refractivity contribution in [2.75, 3.05) is 21.1 Å². The summed E-state index contributed by atoms with van der Waals surface area (Å²) in [5, 5.41) is 14.3.